The Kier molecular flexibility index (Phi) is 4.06. The predicted molar refractivity (Wildman–Crippen MR) is 91.6 cm³/mol. The lowest BCUT2D eigenvalue weighted by Crippen LogP contribution is -2.28. The Morgan fingerprint density at radius 2 is 1.96 bits per heavy atom. The van der Waals surface area contributed by atoms with Crippen LogP contribution in [0.2, 0.25) is 0 Å². The van der Waals surface area contributed by atoms with Gasteiger partial charge in [0, 0.05) is 30.6 Å². The first-order chi connectivity index (χ1) is 12.2. The maximum atomic E-state index is 13.4. The molecule has 0 radical (unpaired) electrons. The van der Waals surface area contributed by atoms with Gasteiger partial charge in [-0.05, 0) is 24.1 Å². The zero-order valence-corrected chi connectivity index (χ0v) is 13.6. The molecule has 0 N–H and O–H groups in total. The van der Waals surface area contributed by atoms with E-state index < -0.39 is 0 Å². The Hall–Kier alpha value is -2.95. The SMILES string of the molecule is O=C(c1cc(-c2ccccc2)on1)N1CCC(c2cccc(F)c2)C1. The lowest BCUT2D eigenvalue weighted by Gasteiger charge is -2.15. The van der Waals surface area contributed by atoms with Crippen LogP contribution >= 0.6 is 0 Å². The summed E-state index contributed by atoms with van der Waals surface area (Å²) in [7, 11) is 0. The molecule has 1 aliphatic heterocycles. The van der Waals surface area contributed by atoms with Crippen molar-refractivity contribution in [2.75, 3.05) is 13.1 Å². The lowest BCUT2D eigenvalue weighted by atomic mass is 9.98. The van der Waals surface area contributed by atoms with Gasteiger partial charge in [0.1, 0.15) is 5.82 Å². The van der Waals surface area contributed by atoms with Crippen molar-refractivity contribution in [1.82, 2.24) is 10.1 Å². The summed E-state index contributed by atoms with van der Waals surface area (Å²) in [5.41, 5.74) is 2.12. The lowest BCUT2D eigenvalue weighted by molar-refractivity contribution is 0.0780. The number of halogens is 1. The molecule has 2 heterocycles. The molecule has 5 heteroatoms. The van der Waals surface area contributed by atoms with E-state index >= 15 is 0 Å². The fourth-order valence-electron chi connectivity index (χ4n) is 3.25. The van der Waals surface area contributed by atoms with Crippen molar-refractivity contribution in [3.8, 4) is 11.3 Å². The fourth-order valence-corrected chi connectivity index (χ4v) is 3.25. The molecule has 25 heavy (non-hydrogen) atoms. The van der Waals surface area contributed by atoms with Crippen molar-refractivity contribution in [3.63, 3.8) is 0 Å². The Balaban J connectivity index is 1.48. The number of hydrogen-bond donors (Lipinski definition) is 0. The molecule has 1 unspecified atom stereocenters. The Morgan fingerprint density at radius 3 is 2.76 bits per heavy atom. The number of hydrogen-bond acceptors (Lipinski definition) is 3. The molecule has 3 aromatic rings. The smallest absolute Gasteiger partial charge is 0.276 e. The highest BCUT2D eigenvalue weighted by atomic mass is 19.1. The number of rotatable bonds is 3. The minimum Gasteiger partial charge on any atom is -0.355 e. The van der Waals surface area contributed by atoms with E-state index in [4.69, 9.17) is 4.52 Å². The highest BCUT2D eigenvalue weighted by Gasteiger charge is 2.29. The summed E-state index contributed by atoms with van der Waals surface area (Å²) in [6, 6.07) is 17.8. The Bertz CT molecular complexity index is 891. The van der Waals surface area contributed by atoms with Gasteiger partial charge in [0.15, 0.2) is 11.5 Å². The molecule has 1 atom stereocenters. The van der Waals surface area contributed by atoms with Gasteiger partial charge < -0.3 is 9.42 Å². The van der Waals surface area contributed by atoms with Gasteiger partial charge in [0.05, 0.1) is 0 Å². The number of likely N-dealkylation sites (tertiary alicyclic amines) is 1. The highest BCUT2D eigenvalue weighted by molar-refractivity contribution is 5.93. The topological polar surface area (TPSA) is 46.3 Å². The molecule has 1 fully saturated rings. The molecular formula is C20H17FN2O2. The van der Waals surface area contributed by atoms with Crippen LogP contribution in [0.1, 0.15) is 28.4 Å². The minimum absolute atomic E-state index is 0.148. The van der Waals surface area contributed by atoms with Gasteiger partial charge in [-0.1, -0.05) is 47.6 Å². The van der Waals surface area contributed by atoms with Crippen LogP contribution in [0.5, 0.6) is 0 Å². The van der Waals surface area contributed by atoms with Crippen LogP contribution in [-0.2, 0) is 0 Å². The van der Waals surface area contributed by atoms with Gasteiger partial charge in [-0.25, -0.2) is 4.39 Å². The van der Waals surface area contributed by atoms with E-state index in [2.05, 4.69) is 5.16 Å². The molecule has 2 aromatic carbocycles. The van der Waals surface area contributed by atoms with Gasteiger partial charge >= 0.3 is 0 Å². The summed E-state index contributed by atoms with van der Waals surface area (Å²) in [5.74, 6) is 0.334. The number of benzene rings is 2. The summed E-state index contributed by atoms with van der Waals surface area (Å²) in [6.07, 6.45) is 0.818. The van der Waals surface area contributed by atoms with E-state index in [-0.39, 0.29) is 17.6 Å². The molecular weight excluding hydrogens is 319 g/mol. The zero-order valence-electron chi connectivity index (χ0n) is 13.6. The monoisotopic (exact) mass is 336 g/mol. The molecule has 1 amide bonds. The van der Waals surface area contributed by atoms with Crippen molar-refractivity contribution >= 4 is 5.91 Å². The van der Waals surface area contributed by atoms with Gasteiger partial charge in [-0.3, -0.25) is 4.79 Å². The molecule has 0 bridgehead atoms. The Labute approximate surface area is 144 Å². The second-order valence-electron chi connectivity index (χ2n) is 6.23. The largest absolute Gasteiger partial charge is 0.355 e. The molecule has 4 nitrogen and oxygen atoms in total. The second-order valence-corrected chi connectivity index (χ2v) is 6.23. The summed E-state index contributed by atoms with van der Waals surface area (Å²) in [5, 5.41) is 3.92. The van der Waals surface area contributed by atoms with Crippen LogP contribution in [0.4, 0.5) is 4.39 Å². The standard InChI is InChI=1S/C20H17FN2O2/c21-17-8-4-7-15(11-17)16-9-10-23(13-16)20(24)18-12-19(25-22-18)14-5-2-1-3-6-14/h1-8,11-12,16H,9-10,13H2. The van der Waals surface area contributed by atoms with E-state index in [1.54, 1.807) is 23.1 Å². The van der Waals surface area contributed by atoms with E-state index in [0.717, 1.165) is 17.5 Å². The van der Waals surface area contributed by atoms with Crippen LogP contribution in [0.25, 0.3) is 11.3 Å². The quantitative estimate of drug-likeness (QED) is 0.723. The summed E-state index contributed by atoms with van der Waals surface area (Å²) in [6.45, 7) is 1.20. The van der Waals surface area contributed by atoms with Crippen LogP contribution in [0.3, 0.4) is 0 Å². The van der Waals surface area contributed by atoms with Crippen LogP contribution in [0, 0.1) is 5.82 Å². The normalized spacial score (nSPS) is 17.0. The molecule has 1 saturated heterocycles. The van der Waals surface area contributed by atoms with E-state index in [0.29, 0.717) is 24.5 Å². The van der Waals surface area contributed by atoms with Gasteiger partial charge in [-0.15, -0.1) is 0 Å². The van der Waals surface area contributed by atoms with Crippen molar-refractivity contribution < 1.29 is 13.7 Å². The summed E-state index contributed by atoms with van der Waals surface area (Å²) >= 11 is 0. The second kappa shape index (κ2) is 6.51. The first-order valence-electron chi connectivity index (χ1n) is 8.27. The number of carbonyl (C=O) groups is 1. The molecule has 126 valence electrons. The van der Waals surface area contributed by atoms with Gasteiger partial charge in [-0.2, -0.15) is 0 Å². The van der Waals surface area contributed by atoms with Crippen molar-refractivity contribution in [1.29, 1.82) is 0 Å². The van der Waals surface area contributed by atoms with Gasteiger partial charge in [0.25, 0.3) is 5.91 Å². The zero-order chi connectivity index (χ0) is 17.2. The predicted octanol–water partition coefficient (Wildman–Crippen LogP) is 4.11. The number of nitrogens with zero attached hydrogens (tertiary/aromatic N) is 2. The molecule has 1 aliphatic rings. The third-order valence-corrected chi connectivity index (χ3v) is 4.58. The summed E-state index contributed by atoms with van der Waals surface area (Å²) < 4.78 is 18.7. The average Bonchev–Trinajstić information content (AvgIpc) is 3.32. The molecule has 0 spiro atoms. The number of carbonyl (C=O) groups excluding carboxylic acids is 1. The van der Waals surface area contributed by atoms with E-state index in [1.807, 2.05) is 36.4 Å². The fraction of sp³-hybridized carbons (Fsp3) is 0.200. The maximum Gasteiger partial charge on any atom is 0.276 e. The maximum absolute atomic E-state index is 13.4. The van der Waals surface area contributed by atoms with Crippen molar-refractivity contribution in [2.24, 2.45) is 0 Å². The van der Waals surface area contributed by atoms with Crippen molar-refractivity contribution in [3.05, 3.63) is 77.7 Å². The van der Waals surface area contributed by atoms with E-state index in [9.17, 15) is 9.18 Å². The van der Waals surface area contributed by atoms with Gasteiger partial charge in [0.2, 0.25) is 0 Å². The molecule has 0 saturated carbocycles. The van der Waals surface area contributed by atoms with Crippen molar-refractivity contribution in [2.45, 2.75) is 12.3 Å². The molecule has 1 aromatic heterocycles. The minimum atomic E-state index is -0.244. The van der Waals surface area contributed by atoms with Crippen LogP contribution in [0.15, 0.2) is 65.2 Å². The third kappa shape index (κ3) is 3.18. The van der Waals surface area contributed by atoms with Crippen LogP contribution in [-0.4, -0.2) is 29.1 Å². The highest BCUT2D eigenvalue weighted by Crippen LogP contribution is 2.29. The van der Waals surface area contributed by atoms with E-state index in [1.165, 1.54) is 6.07 Å². The average molecular weight is 336 g/mol. The third-order valence-electron chi connectivity index (χ3n) is 4.58. The Morgan fingerprint density at radius 1 is 1.12 bits per heavy atom. The first-order valence-corrected chi connectivity index (χ1v) is 8.27. The molecule has 0 aliphatic carbocycles. The number of amides is 1. The van der Waals surface area contributed by atoms with Crippen LogP contribution < -0.4 is 0 Å². The number of aromatic nitrogens is 1. The first kappa shape index (κ1) is 15.6. The summed E-state index contributed by atoms with van der Waals surface area (Å²) in [4.78, 5) is 14.4. The molecule has 4 rings (SSSR count).